The van der Waals surface area contributed by atoms with Gasteiger partial charge in [-0.3, -0.25) is 9.59 Å². The summed E-state index contributed by atoms with van der Waals surface area (Å²) in [5, 5.41) is 3.89. The first-order valence-electron chi connectivity index (χ1n) is 8.12. The summed E-state index contributed by atoms with van der Waals surface area (Å²) in [7, 11) is 3.92. The van der Waals surface area contributed by atoms with Gasteiger partial charge in [-0.25, -0.2) is 0 Å². The van der Waals surface area contributed by atoms with Crippen LogP contribution in [0.15, 0.2) is 53.3 Å². The fourth-order valence-corrected chi connectivity index (χ4v) is 2.67. The number of pyridine rings is 1. The Morgan fingerprint density at radius 1 is 1.08 bits per heavy atom. The van der Waals surface area contributed by atoms with Crippen molar-refractivity contribution in [3.63, 3.8) is 0 Å². The predicted octanol–water partition coefficient (Wildman–Crippen LogP) is 2.83. The van der Waals surface area contributed by atoms with E-state index in [-0.39, 0.29) is 11.5 Å². The molecular weight excluding hydrogens is 314 g/mol. The second-order valence-electron chi connectivity index (χ2n) is 6.33. The Bertz CT molecular complexity index is 972. The molecule has 3 aromatic rings. The minimum absolute atomic E-state index is 0.0743. The van der Waals surface area contributed by atoms with Crippen molar-refractivity contribution in [1.82, 2.24) is 10.3 Å². The smallest absolute Gasteiger partial charge is 0.251 e. The van der Waals surface area contributed by atoms with Gasteiger partial charge in [-0.15, -0.1) is 0 Å². The van der Waals surface area contributed by atoms with Crippen molar-refractivity contribution in [3.05, 3.63) is 75.6 Å². The van der Waals surface area contributed by atoms with Crippen molar-refractivity contribution in [3.8, 4) is 0 Å². The van der Waals surface area contributed by atoms with E-state index in [4.69, 9.17) is 0 Å². The third-order valence-electron chi connectivity index (χ3n) is 4.19. The van der Waals surface area contributed by atoms with Gasteiger partial charge in [-0.1, -0.05) is 6.07 Å². The summed E-state index contributed by atoms with van der Waals surface area (Å²) in [5.74, 6) is -0.108. The first-order chi connectivity index (χ1) is 11.9. The van der Waals surface area contributed by atoms with Crippen LogP contribution < -0.4 is 15.8 Å². The number of fused-ring (bicyclic) bond motifs is 1. The molecule has 0 bridgehead atoms. The standard InChI is InChI=1S/C20H21N3O2/c1-13-10-16-11-14(4-9-18(16)22-19(13)24)12-21-20(25)15-5-7-17(8-6-15)23(2)3/h4-11H,12H2,1-3H3,(H,21,25)(H,22,24). The predicted molar refractivity (Wildman–Crippen MR) is 101 cm³/mol. The molecule has 0 aliphatic heterocycles. The lowest BCUT2D eigenvalue weighted by Gasteiger charge is -2.12. The maximum absolute atomic E-state index is 12.3. The van der Waals surface area contributed by atoms with Crippen molar-refractivity contribution in [1.29, 1.82) is 0 Å². The number of aromatic nitrogens is 1. The second-order valence-corrected chi connectivity index (χ2v) is 6.33. The first-order valence-corrected chi connectivity index (χ1v) is 8.12. The number of nitrogens with one attached hydrogen (secondary N) is 2. The average molecular weight is 335 g/mol. The lowest BCUT2D eigenvalue weighted by atomic mass is 10.1. The molecule has 0 saturated carbocycles. The van der Waals surface area contributed by atoms with E-state index >= 15 is 0 Å². The molecule has 0 spiro atoms. The summed E-state index contributed by atoms with van der Waals surface area (Å²) in [5.41, 5.74) is 4.06. The van der Waals surface area contributed by atoms with Crippen LogP contribution in [0.3, 0.4) is 0 Å². The summed E-state index contributed by atoms with van der Waals surface area (Å²) < 4.78 is 0. The number of amides is 1. The SMILES string of the molecule is Cc1cc2cc(CNC(=O)c3ccc(N(C)C)cc3)ccc2[nH]c1=O. The van der Waals surface area contributed by atoms with Gasteiger partial charge in [0.1, 0.15) is 0 Å². The molecule has 1 heterocycles. The molecule has 1 amide bonds. The van der Waals surface area contributed by atoms with Crippen molar-refractivity contribution in [2.75, 3.05) is 19.0 Å². The molecule has 0 fully saturated rings. The molecule has 2 aromatic carbocycles. The fraction of sp³-hybridized carbons (Fsp3) is 0.200. The van der Waals surface area contributed by atoms with Crippen LogP contribution in [0.2, 0.25) is 0 Å². The molecule has 2 N–H and O–H groups in total. The molecular formula is C20H21N3O2. The number of carbonyl (C=O) groups is 1. The molecule has 0 atom stereocenters. The number of hydrogen-bond donors (Lipinski definition) is 2. The van der Waals surface area contributed by atoms with Crippen molar-refractivity contribution >= 4 is 22.5 Å². The molecule has 25 heavy (non-hydrogen) atoms. The number of benzene rings is 2. The van der Waals surface area contributed by atoms with Gasteiger partial charge in [0.15, 0.2) is 0 Å². The molecule has 128 valence electrons. The summed E-state index contributed by atoms with van der Waals surface area (Å²) in [4.78, 5) is 28.8. The normalized spacial score (nSPS) is 10.7. The van der Waals surface area contributed by atoms with Crippen LogP contribution in [0.5, 0.6) is 0 Å². The quantitative estimate of drug-likeness (QED) is 0.770. The molecule has 3 rings (SSSR count). The van der Waals surface area contributed by atoms with Crippen LogP contribution >= 0.6 is 0 Å². The van der Waals surface area contributed by atoms with Gasteiger partial charge in [0.05, 0.1) is 0 Å². The minimum Gasteiger partial charge on any atom is -0.378 e. The fourth-order valence-electron chi connectivity index (χ4n) is 2.67. The Labute approximate surface area is 146 Å². The average Bonchev–Trinajstić information content (AvgIpc) is 2.60. The van der Waals surface area contributed by atoms with E-state index in [1.165, 1.54) is 0 Å². The summed E-state index contributed by atoms with van der Waals surface area (Å²) >= 11 is 0. The van der Waals surface area contributed by atoms with Gasteiger partial charge in [0.2, 0.25) is 0 Å². The number of aromatic amines is 1. The van der Waals surface area contributed by atoms with Crippen LogP contribution in [0.25, 0.3) is 10.9 Å². The van der Waals surface area contributed by atoms with Crippen molar-refractivity contribution in [2.45, 2.75) is 13.5 Å². The Hall–Kier alpha value is -3.08. The number of carbonyl (C=O) groups excluding carboxylic acids is 1. The van der Waals surface area contributed by atoms with Crippen LogP contribution in [-0.2, 0) is 6.54 Å². The van der Waals surface area contributed by atoms with Crippen LogP contribution in [0.4, 0.5) is 5.69 Å². The van der Waals surface area contributed by atoms with Crippen molar-refractivity contribution in [2.24, 2.45) is 0 Å². The molecule has 0 aliphatic rings. The lowest BCUT2D eigenvalue weighted by Crippen LogP contribution is -2.22. The largest absolute Gasteiger partial charge is 0.378 e. The highest BCUT2D eigenvalue weighted by Crippen LogP contribution is 2.15. The third-order valence-corrected chi connectivity index (χ3v) is 4.19. The third kappa shape index (κ3) is 3.71. The first kappa shape index (κ1) is 16.8. The molecule has 5 heteroatoms. The zero-order valence-corrected chi connectivity index (χ0v) is 14.6. The van der Waals surface area contributed by atoms with E-state index in [9.17, 15) is 9.59 Å². The summed E-state index contributed by atoms with van der Waals surface area (Å²) in [6.45, 7) is 2.21. The molecule has 1 aromatic heterocycles. The van der Waals surface area contributed by atoms with Crippen LogP contribution in [-0.4, -0.2) is 25.0 Å². The maximum Gasteiger partial charge on any atom is 0.251 e. The maximum atomic E-state index is 12.3. The van der Waals surface area contributed by atoms with Gasteiger partial charge in [-0.05, 0) is 60.3 Å². The Balaban J connectivity index is 1.72. The Kier molecular flexibility index (Phi) is 4.57. The van der Waals surface area contributed by atoms with Gasteiger partial charge in [-0.2, -0.15) is 0 Å². The number of rotatable bonds is 4. The minimum atomic E-state index is -0.108. The number of nitrogens with zero attached hydrogens (tertiary/aromatic N) is 1. The number of anilines is 1. The van der Waals surface area contributed by atoms with E-state index in [0.29, 0.717) is 17.7 Å². The van der Waals surface area contributed by atoms with Gasteiger partial charge in [0, 0.05) is 43.0 Å². The van der Waals surface area contributed by atoms with E-state index in [0.717, 1.165) is 22.2 Å². The van der Waals surface area contributed by atoms with Crippen LogP contribution in [0.1, 0.15) is 21.5 Å². The monoisotopic (exact) mass is 335 g/mol. The Morgan fingerprint density at radius 2 is 1.80 bits per heavy atom. The second kappa shape index (κ2) is 6.81. The van der Waals surface area contributed by atoms with Crippen molar-refractivity contribution < 1.29 is 4.79 Å². The number of hydrogen-bond acceptors (Lipinski definition) is 3. The highest BCUT2D eigenvalue weighted by atomic mass is 16.1. The molecule has 5 nitrogen and oxygen atoms in total. The highest BCUT2D eigenvalue weighted by Gasteiger charge is 2.06. The zero-order chi connectivity index (χ0) is 18.0. The Morgan fingerprint density at radius 3 is 2.48 bits per heavy atom. The lowest BCUT2D eigenvalue weighted by molar-refractivity contribution is 0.0951. The molecule has 0 unspecified atom stereocenters. The van der Waals surface area contributed by atoms with Gasteiger partial charge >= 0.3 is 0 Å². The van der Waals surface area contributed by atoms with Gasteiger partial charge in [0.25, 0.3) is 11.5 Å². The molecule has 0 saturated heterocycles. The van der Waals surface area contributed by atoms with E-state index in [1.54, 1.807) is 6.92 Å². The summed E-state index contributed by atoms with van der Waals surface area (Å²) in [6.07, 6.45) is 0. The topological polar surface area (TPSA) is 65.2 Å². The molecule has 0 aliphatic carbocycles. The van der Waals surface area contributed by atoms with E-state index < -0.39 is 0 Å². The van der Waals surface area contributed by atoms with Crippen LogP contribution in [0, 0.1) is 6.92 Å². The van der Waals surface area contributed by atoms with E-state index in [2.05, 4.69) is 10.3 Å². The van der Waals surface area contributed by atoms with E-state index in [1.807, 2.05) is 67.5 Å². The number of H-pyrrole nitrogens is 1. The highest BCUT2D eigenvalue weighted by molar-refractivity contribution is 5.94. The molecule has 0 radical (unpaired) electrons. The number of aryl methyl sites for hydroxylation is 1. The summed E-state index contributed by atoms with van der Waals surface area (Å²) in [6, 6.07) is 15.1. The zero-order valence-electron chi connectivity index (χ0n) is 14.6. The van der Waals surface area contributed by atoms with Gasteiger partial charge < -0.3 is 15.2 Å².